The largest absolute Gasteiger partial charge is 0.469 e. The summed E-state index contributed by atoms with van der Waals surface area (Å²) in [4.78, 5) is 14.1. The van der Waals surface area contributed by atoms with E-state index in [-0.39, 0.29) is 17.9 Å². The lowest BCUT2D eigenvalue weighted by molar-refractivity contribution is -0.141. The number of nitrogens with zero attached hydrogens (tertiary/aromatic N) is 1. The number of ether oxygens (including phenoxy) is 1. The third-order valence-corrected chi connectivity index (χ3v) is 6.36. The fourth-order valence-corrected chi connectivity index (χ4v) is 4.52. The molecular formula is C25H32ClFN2O2. The molecule has 1 aliphatic heterocycles. The van der Waals surface area contributed by atoms with Crippen LogP contribution < -0.4 is 10.2 Å². The summed E-state index contributed by atoms with van der Waals surface area (Å²) >= 11 is 6.05. The van der Waals surface area contributed by atoms with Gasteiger partial charge in [-0.05, 0) is 81.0 Å². The average Bonchev–Trinajstić information content (AvgIpc) is 3.23. The molecule has 0 amide bonds. The third kappa shape index (κ3) is 5.70. The van der Waals surface area contributed by atoms with E-state index in [0.29, 0.717) is 11.4 Å². The van der Waals surface area contributed by atoms with Crippen LogP contribution in [0.4, 0.5) is 21.5 Å². The lowest BCUT2D eigenvalue weighted by atomic mass is 9.92. The molecule has 2 aromatic carbocycles. The van der Waals surface area contributed by atoms with Crippen LogP contribution in [0.25, 0.3) is 0 Å². The maximum atomic E-state index is 14.9. The number of nitrogens with one attached hydrogen (secondary N) is 1. The van der Waals surface area contributed by atoms with Gasteiger partial charge in [0.1, 0.15) is 5.67 Å². The molecule has 1 saturated heterocycles. The summed E-state index contributed by atoms with van der Waals surface area (Å²) in [5.41, 5.74) is 2.53. The van der Waals surface area contributed by atoms with E-state index in [9.17, 15) is 9.18 Å². The van der Waals surface area contributed by atoms with Gasteiger partial charge in [0.05, 0.1) is 30.9 Å². The normalized spacial score (nSPS) is 17.5. The van der Waals surface area contributed by atoms with Gasteiger partial charge in [-0.25, -0.2) is 4.39 Å². The minimum Gasteiger partial charge on any atom is -0.469 e. The van der Waals surface area contributed by atoms with E-state index in [1.807, 2.05) is 24.3 Å². The minimum atomic E-state index is -1.30. The Balaban J connectivity index is 2.01. The quantitative estimate of drug-likeness (QED) is 0.450. The number of rotatable bonds is 8. The van der Waals surface area contributed by atoms with Gasteiger partial charge in [-0.2, -0.15) is 0 Å². The summed E-state index contributed by atoms with van der Waals surface area (Å²) in [7, 11) is 1.41. The Kier molecular flexibility index (Phi) is 7.47. The van der Waals surface area contributed by atoms with Crippen LogP contribution in [0.1, 0.15) is 57.9 Å². The number of hydrogen-bond donors (Lipinski definition) is 1. The molecule has 1 fully saturated rings. The first-order chi connectivity index (χ1) is 14.7. The van der Waals surface area contributed by atoms with Crippen molar-refractivity contribution in [3.05, 3.63) is 53.1 Å². The van der Waals surface area contributed by atoms with Crippen LogP contribution in [0.3, 0.4) is 0 Å². The van der Waals surface area contributed by atoms with Gasteiger partial charge in [0, 0.05) is 17.3 Å². The second-order valence-electron chi connectivity index (χ2n) is 8.71. The molecule has 168 valence electrons. The van der Waals surface area contributed by atoms with E-state index in [1.54, 1.807) is 13.8 Å². The number of benzene rings is 2. The summed E-state index contributed by atoms with van der Waals surface area (Å²) in [6.45, 7) is 6.18. The van der Waals surface area contributed by atoms with Crippen molar-refractivity contribution in [3.63, 3.8) is 0 Å². The van der Waals surface area contributed by atoms with E-state index in [4.69, 9.17) is 16.3 Å². The smallest absolute Gasteiger partial charge is 0.306 e. The Labute approximate surface area is 189 Å². The van der Waals surface area contributed by atoms with Gasteiger partial charge in [0.25, 0.3) is 0 Å². The molecule has 1 heterocycles. The molecule has 0 aliphatic carbocycles. The lowest BCUT2D eigenvalue weighted by Gasteiger charge is -2.35. The van der Waals surface area contributed by atoms with Crippen LogP contribution in [0, 0.1) is 0 Å². The summed E-state index contributed by atoms with van der Waals surface area (Å²) in [5, 5.41) is 4.17. The van der Waals surface area contributed by atoms with Crippen LogP contribution in [0.15, 0.2) is 42.5 Å². The van der Waals surface area contributed by atoms with Gasteiger partial charge < -0.3 is 15.0 Å². The molecule has 0 bridgehead atoms. The molecule has 2 aromatic rings. The molecule has 1 N–H and O–H groups in total. The zero-order valence-corrected chi connectivity index (χ0v) is 19.5. The van der Waals surface area contributed by atoms with Crippen molar-refractivity contribution in [1.82, 2.24) is 0 Å². The molecular weight excluding hydrogens is 415 g/mol. The van der Waals surface area contributed by atoms with Crippen molar-refractivity contribution in [3.8, 4) is 0 Å². The molecule has 31 heavy (non-hydrogen) atoms. The topological polar surface area (TPSA) is 41.6 Å². The summed E-state index contributed by atoms with van der Waals surface area (Å²) in [5.74, 6) is -0.166. The Morgan fingerprint density at radius 1 is 1.29 bits per heavy atom. The Morgan fingerprint density at radius 2 is 2.00 bits per heavy atom. The Bertz CT molecular complexity index is 895. The van der Waals surface area contributed by atoms with Gasteiger partial charge in [-0.1, -0.05) is 24.6 Å². The van der Waals surface area contributed by atoms with E-state index in [1.165, 1.54) is 7.11 Å². The van der Waals surface area contributed by atoms with Crippen LogP contribution >= 0.6 is 11.6 Å². The lowest BCUT2D eigenvalue weighted by Crippen LogP contribution is -2.43. The molecule has 1 unspecified atom stereocenters. The fraction of sp³-hybridized carbons (Fsp3) is 0.480. The van der Waals surface area contributed by atoms with Crippen molar-refractivity contribution in [2.45, 2.75) is 64.1 Å². The first kappa shape index (κ1) is 23.4. The highest BCUT2D eigenvalue weighted by Gasteiger charge is 2.38. The molecule has 0 spiro atoms. The van der Waals surface area contributed by atoms with Crippen LogP contribution in [-0.4, -0.2) is 31.3 Å². The molecule has 0 saturated carbocycles. The molecule has 2 atom stereocenters. The third-order valence-electron chi connectivity index (χ3n) is 6.10. The van der Waals surface area contributed by atoms with E-state index in [2.05, 4.69) is 35.3 Å². The minimum absolute atomic E-state index is 0.0549. The predicted molar refractivity (Wildman–Crippen MR) is 126 cm³/mol. The van der Waals surface area contributed by atoms with E-state index >= 15 is 0 Å². The Hall–Kier alpha value is -2.27. The number of methoxy groups -OCH3 is 1. The van der Waals surface area contributed by atoms with Gasteiger partial charge in [-0.3, -0.25) is 4.79 Å². The highest BCUT2D eigenvalue weighted by Crippen LogP contribution is 2.40. The van der Waals surface area contributed by atoms with Gasteiger partial charge in [0.15, 0.2) is 0 Å². The number of carbonyl (C=O) groups is 1. The highest BCUT2D eigenvalue weighted by atomic mass is 35.5. The number of anilines is 3. The number of alkyl halides is 1. The van der Waals surface area contributed by atoms with Crippen molar-refractivity contribution < 1.29 is 13.9 Å². The number of carbonyl (C=O) groups excluding carboxylic acids is 1. The first-order valence-electron chi connectivity index (χ1n) is 10.9. The molecule has 0 radical (unpaired) electrons. The second-order valence-corrected chi connectivity index (χ2v) is 9.15. The van der Waals surface area contributed by atoms with Crippen LogP contribution in [0.2, 0.25) is 5.02 Å². The summed E-state index contributed by atoms with van der Waals surface area (Å²) in [6.07, 6.45) is 2.93. The number of esters is 1. The van der Waals surface area contributed by atoms with Gasteiger partial charge in [-0.15, -0.1) is 0 Å². The molecule has 4 nitrogen and oxygen atoms in total. The van der Waals surface area contributed by atoms with E-state index in [0.717, 1.165) is 48.4 Å². The van der Waals surface area contributed by atoms with Crippen molar-refractivity contribution in [1.29, 1.82) is 0 Å². The maximum absolute atomic E-state index is 14.9. The van der Waals surface area contributed by atoms with Crippen molar-refractivity contribution in [2.75, 3.05) is 23.9 Å². The molecule has 1 aliphatic rings. The molecule has 6 heteroatoms. The van der Waals surface area contributed by atoms with Crippen LogP contribution in [0.5, 0.6) is 0 Å². The monoisotopic (exact) mass is 446 g/mol. The standard InChI is InChI=1S/C25H32ClFN2O2/c1-5-17(16-24(30)31-4)18-8-13-22(29-14-6-7-23(29)25(2,3)27)21(15-18)28-20-11-9-19(26)10-12-20/h8-13,15,17,23,28H,5-7,14,16H2,1-4H3/t17?,23-/m0/s1. The second kappa shape index (κ2) is 9.90. The maximum Gasteiger partial charge on any atom is 0.306 e. The van der Waals surface area contributed by atoms with Crippen molar-refractivity contribution >= 4 is 34.6 Å². The summed E-state index contributed by atoms with van der Waals surface area (Å²) < 4.78 is 19.8. The average molecular weight is 447 g/mol. The van der Waals surface area contributed by atoms with Gasteiger partial charge in [0.2, 0.25) is 0 Å². The van der Waals surface area contributed by atoms with Gasteiger partial charge >= 0.3 is 5.97 Å². The zero-order valence-electron chi connectivity index (χ0n) is 18.8. The highest BCUT2D eigenvalue weighted by molar-refractivity contribution is 6.30. The first-order valence-corrected chi connectivity index (χ1v) is 11.3. The fourth-order valence-electron chi connectivity index (χ4n) is 4.40. The van der Waals surface area contributed by atoms with Crippen molar-refractivity contribution in [2.24, 2.45) is 0 Å². The molecule has 3 rings (SSSR count). The number of halogens is 2. The number of hydrogen-bond acceptors (Lipinski definition) is 4. The Morgan fingerprint density at radius 3 is 2.61 bits per heavy atom. The molecule has 0 aromatic heterocycles. The predicted octanol–water partition coefficient (Wildman–Crippen LogP) is 6.86. The zero-order chi connectivity index (χ0) is 22.6. The summed E-state index contributed by atoms with van der Waals surface area (Å²) in [6, 6.07) is 13.5. The van der Waals surface area contributed by atoms with E-state index < -0.39 is 5.67 Å². The SMILES string of the molecule is CCC(CC(=O)OC)c1ccc(N2CCC[C@H]2C(C)(C)F)c(Nc2ccc(Cl)cc2)c1. The van der Waals surface area contributed by atoms with Crippen LogP contribution in [-0.2, 0) is 9.53 Å².